The lowest BCUT2D eigenvalue weighted by Gasteiger charge is -2.00. The Labute approximate surface area is 128 Å². The molecule has 22 heavy (non-hydrogen) atoms. The number of fused-ring (bicyclic) bond motifs is 2. The van der Waals surface area contributed by atoms with E-state index >= 15 is 0 Å². The molecule has 0 saturated carbocycles. The molecule has 4 heteroatoms. The first-order valence-corrected chi connectivity index (χ1v) is 7.42. The van der Waals surface area contributed by atoms with Crippen LogP contribution in [0, 0.1) is 0 Å². The van der Waals surface area contributed by atoms with Gasteiger partial charge in [-0.3, -0.25) is 0 Å². The van der Waals surface area contributed by atoms with Crippen LogP contribution in [0.5, 0.6) is 0 Å². The Balaban J connectivity index is 1.80. The first kappa shape index (κ1) is 12.8. The Morgan fingerprint density at radius 3 is 2.86 bits per heavy atom. The highest BCUT2D eigenvalue weighted by Gasteiger charge is 2.07. The molecule has 0 aliphatic heterocycles. The van der Waals surface area contributed by atoms with E-state index in [0.717, 1.165) is 34.6 Å². The van der Waals surface area contributed by atoms with Crippen LogP contribution in [0.2, 0.25) is 0 Å². The Hall–Kier alpha value is -2.88. The van der Waals surface area contributed by atoms with Crippen molar-refractivity contribution in [2.45, 2.75) is 13.5 Å². The zero-order chi connectivity index (χ0) is 14.9. The van der Waals surface area contributed by atoms with Gasteiger partial charge in [0, 0.05) is 35.4 Å². The Morgan fingerprint density at radius 1 is 1.14 bits per heavy atom. The van der Waals surface area contributed by atoms with Crippen molar-refractivity contribution in [3.05, 3.63) is 60.3 Å². The van der Waals surface area contributed by atoms with Crippen molar-refractivity contribution in [2.75, 3.05) is 0 Å². The predicted octanol–water partition coefficient (Wildman–Crippen LogP) is 4.29. The molecule has 0 fully saturated rings. The summed E-state index contributed by atoms with van der Waals surface area (Å²) in [7, 11) is 0. The van der Waals surface area contributed by atoms with Gasteiger partial charge in [0.05, 0.1) is 11.0 Å². The number of nitrogens with one attached hydrogen (secondary N) is 1. The van der Waals surface area contributed by atoms with Crippen molar-refractivity contribution in [3.8, 4) is 0 Å². The van der Waals surface area contributed by atoms with Crippen LogP contribution in [-0.2, 0) is 6.54 Å². The average molecular weight is 288 g/mol. The van der Waals surface area contributed by atoms with Gasteiger partial charge in [0.15, 0.2) is 0 Å². The Kier molecular flexibility index (Phi) is 3.00. The highest BCUT2D eigenvalue weighted by atomic mass is 15.2. The lowest BCUT2D eigenvalue weighted by Crippen LogP contribution is -1.93. The number of benzene rings is 2. The molecule has 0 saturated heterocycles. The maximum absolute atomic E-state index is 4.62. The van der Waals surface area contributed by atoms with Gasteiger partial charge in [-0.05, 0) is 25.1 Å². The molecule has 0 radical (unpaired) electrons. The monoisotopic (exact) mass is 288 g/mol. The fourth-order valence-corrected chi connectivity index (χ4v) is 2.80. The molecule has 2 heterocycles. The number of aliphatic imine (C=N–C) groups is 1. The zero-order valence-corrected chi connectivity index (χ0v) is 12.3. The molecule has 0 atom stereocenters. The minimum atomic E-state index is 0.744. The minimum Gasteiger partial charge on any atom is -0.361 e. The number of aromatic nitrogens is 3. The summed E-state index contributed by atoms with van der Waals surface area (Å²) >= 11 is 0. The van der Waals surface area contributed by atoms with Gasteiger partial charge in [-0.25, -0.2) is 9.98 Å². The molecular weight excluding hydrogens is 272 g/mol. The lowest BCUT2D eigenvalue weighted by molar-refractivity contribution is 0.790. The van der Waals surface area contributed by atoms with Gasteiger partial charge < -0.3 is 9.55 Å². The molecule has 1 N–H and O–H groups in total. The van der Waals surface area contributed by atoms with Gasteiger partial charge in [-0.15, -0.1) is 0 Å². The van der Waals surface area contributed by atoms with Gasteiger partial charge in [-0.2, -0.15) is 0 Å². The van der Waals surface area contributed by atoms with E-state index in [1.165, 1.54) is 5.39 Å². The topological polar surface area (TPSA) is 46.0 Å². The van der Waals surface area contributed by atoms with Crippen molar-refractivity contribution in [3.63, 3.8) is 0 Å². The van der Waals surface area contributed by atoms with E-state index in [-0.39, 0.29) is 0 Å². The summed E-state index contributed by atoms with van der Waals surface area (Å²) in [5, 5.41) is 1.17. The van der Waals surface area contributed by atoms with Crippen molar-refractivity contribution in [1.82, 2.24) is 14.5 Å². The number of rotatable bonds is 3. The molecule has 0 bridgehead atoms. The summed E-state index contributed by atoms with van der Waals surface area (Å²) < 4.78 is 2.13. The van der Waals surface area contributed by atoms with Crippen molar-refractivity contribution < 1.29 is 0 Å². The SMILES string of the molecule is CCn1c(N=Cc2c[nH]c3ccccc23)nc2ccccc21. The molecule has 2 aromatic carbocycles. The molecule has 4 rings (SSSR count). The summed E-state index contributed by atoms with van der Waals surface area (Å²) in [4.78, 5) is 12.5. The molecule has 0 aliphatic carbocycles. The second kappa shape index (κ2) is 5.15. The highest BCUT2D eigenvalue weighted by Crippen LogP contribution is 2.22. The van der Waals surface area contributed by atoms with Crippen LogP contribution in [0.1, 0.15) is 12.5 Å². The van der Waals surface area contributed by atoms with E-state index in [1.807, 2.05) is 42.7 Å². The van der Waals surface area contributed by atoms with E-state index in [2.05, 4.69) is 44.7 Å². The number of H-pyrrole nitrogens is 1. The van der Waals surface area contributed by atoms with Gasteiger partial charge in [0.2, 0.25) is 5.95 Å². The fourth-order valence-electron chi connectivity index (χ4n) is 2.80. The molecule has 0 unspecified atom stereocenters. The summed E-state index contributed by atoms with van der Waals surface area (Å²) in [6, 6.07) is 16.4. The van der Waals surface area contributed by atoms with Crippen molar-refractivity contribution >= 4 is 34.1 Å². The number of aryl methyl sites for hydroxylation is 1. The summed E-state index contributed by atoms with van der Waals surface area (Å²) in [5.74, 6) is 0.744. The summed E-state index contributed by atoms with van der Waals surface area (Å²) in [6.45, 7) is 2.96. The predicted molar refractivity (Wildman–Crippen MR) is 91.0 cm³/mol. The van der Waals surface area contributed by atoms with E-state index in [1.54, 1.807) is 0 Å². The summed E-state index contributed by atoms with van der Waals surface area (Å²) in [5.41, 5.74) is 4.30. The fraction of sp³-hybridized carbons (Fsp3) is 0.111. The number of para-hydroxylation sites is 3. The van der Waals surface area contributed by atoms with Gasteiger partial charge in [0.1, 0.15) is 0 Å². The van der Waals surface area contributed by atoms with Crippen LogP contribution in [0.4, 0.5) is 5.95 Å². The van der Waals surface area contributed by atoms with Gasteiger partial charge in [-0.1, -0.05) is 30.3 Å². The van der Waals surface area contributed by atoms with Gasteiger partial charge >= 0.3 is 0 Å². The molecule has 0 aliphatic rings. The van der Waals surface area contributed by atoms with Crippen LogP contribution in [0.3, 0.4) is 0 Å². The van der Waals surface area contributed by atoms with E-state index < -0.39 is 0 Å². The lowest BCUT2D eigenvalue weighted by atomic mass is 10.2. The molecule has 4 nitrogen and oxygen atoms in total. The van der Waals surface area contributed by atoms with E-state index in [9.17, 15) is 0 Å². The standard InChI is InChI=1S/C18H16N4/c1-2-22-17-10-6-5-9-16(17)21-18(22)20-12-13-11-19-15-8-4-3-7-14(13)15/h3-12,19H,2H2,1H3. The van der Waals surface area contributed by atoms with Crippen LogP contribution < -0.4 is 0 Å². The first-order valence-electron chi connectivity index (χ1n) is 7.42. The van der Waals surface area contributed by atoms with E-state index in [4.69, 9.17) is 0 Å². The second-order valence-corrected chi connectivity index (χ2v) is 5.19. The number of nitrogens with zero attached hydrogens (tertiary/aromatic N) is 3. The average Bonchev–Trinajstić information content (AvgIpc) is 3.13. The van der Waals surface area contributed by atoms with Crippen molar-refractivity contribution in [2.24, 2.45) is 4.99 Å². The highest BCUT2D eigenvalue weighted by molar-refractivity contribution is 5.99. The van der Waals surface area contributed by atoms with Gasteiger partial charge in [0.25, 0.3) is 0 Å². The maximum atomic E-state index is 4.62. The largest absolute Gasteiger partial charge is 0.361 e. The van der Waals surface area contributed by atoms with Crippen LogP contribution >= 0.6 is 0 Å². The van der Waals surface area contributed by atoms with E-state index in [0.29, 0.717) is 0 Å². The molecule has 2 aromatic heterocycles. The first-order chi connectivity index (χ1) is 10.9. The maximum Gasteiger partial charge on any atom is 0.230 e. The number of aromatic amines is 1. The number of imidazole rings is 1. The molecular formula is C18H16N4. The van der Waals surface area contributed by atoms with Crippen LogP contribution in [0.25, 0.3) is 21.9 Å². The minimum absolute atomic E-state index is 0.744. The quantitative estimate of drug-likeness (QED) is 0.562. The van der Waals surface area contributed by atoms with Crippen LogP contribution in [0.15, 0.2) is 59.7 Å². The second-order valence-electron chi connectivity index (χ2n) is 5.19. The normalized spacial score (nSPS) is 11.9. The Morgan fingerprint density at radius 2 is 1.95 bits per heavy atom. The smallest absolute Gasteiger partial charge is 0.230 e. The third kappa shape index (κ3) is 2.00. The summed E-state index contributed by atoms with van der Waals surface area (Å²) in [6.07, 6.45) is 3.86. The Bertz CT molecular complexity index is 975. The van der Waals surface area contributed by atoms with Crippen LogP contribution in [-0.4, -0.2) is 20.7 Å². The van der Waals surface area contributed by atoms with Crippen molar-refractivity contribution in [1.29, 1.82) is 0 Å². The molecule has 0 amide bonds. The third-order valence-electron chi connectivity index (χ3n) is 3.89. The molecule has 108 valence electrons. The molecule has 4 aromatic rings. The third-order valence-corrected chi connectivity index (χ3v) is 3.89. The number of hydrogen-bond donors (Lipinski definition) is 1. The zero-order valence-electron chi connectivity index (χ0n) is 12.3. The molecule has 0 spiro atoms. The number of hydrogen-bond acceptors (Lipinski definition) is 2.